The van der Waals surface area contributed by atoms with Crippen LogP contribution in [-0.2, 0) is 9.59 Å². The molecule has 2 amide bonds. The fourth-order valence-corrected chi connectivity index (χ4v) is 4.19. The van der Waals surface area contributed by atoms with Crippen molar-refractivity contribution in [1.29, 1.82) is 0 Å². The highest BCUT2D eigenvalue weighted by atomic mass is 35.5. The van der Waals surface area contributed by atoms with Crippen molar-refractivity contribution in [2.24, 2.45) is 11.0 Å². The molecule has 0 radical (unpaired) electrons. The van der Waals surface area contributed by atoms with Crippen molar-refractivity contribution in [2.45, 2.75) is 6.04 Å². The molecule has 0 N–H and O–H groups in total. The zero-order valence-corrected chi connectivity index (χ0v) is 16.9. The van der Waals surface area contributed by atoms with Crippen LogP contribution in [0.3, 0.4) is 0 Å². The highest BCUT2D eigenvalue weighted by molar-refractivity contribution is 6.53. The molecule has 2 atom stereocenters. The average Bonchev–Trinajstić information content (AvgIpc) is 3.31. The fraction of sp³-hybridized carbons (Fsp3) is 0.0833. The number of ketones is 1. The number of carbonyl (C=O) groups excluding carboxylic acids is 3. The number of nitrogens with zero attached hydrogens (tertiary/aromatic N) is 3. The van der Waals surface area contributed by atoms with Gasteiger partial charge < -0.3 is 0 Å². The van der Waals surface area contributed by atoms with Crippen LogP contribution < -0.4 is 9.91 Å². The van der Waals surface area contributed by atoms with Gasteiger partial charge in [0, 0.05) is 10.6 Å². The summed E-state index contributed by atoms with van der Waals surface area (Å²) in [6.45, 7) is 0. The zero-order valence-electron chi connectivity index (χ0n) is 16.2. The standard InChI is InChI=1S/C24H16ClN3O3/c25-16-10-7-13-18(14-16)27-23(30)19-20(22(29)15-8-3-1-4-9-15)26-28(21(19)24(27)31)17-11-5-2-6-12-17/h1-14,19,21H/t19-,21-/m0/s1. The van der Waals surface area contributed by atoms with Crippen LogP contribution in [0.1, 0.15) is 10.4 Å². The van der Waals surface area contributed by atoms with Crippen LogP contribution >= 0.6 is 11.6 Å². The molecular formula is C24H16ClN3O3. The molecule has 1 fully saturated rings. The molecule has 0 unspecified atom stereocenters. The molecule has 0 bridgehead atoms. The first-order valence-electron chi connectivity index (χ1n) is 9.72. The van der Waals surface area contributed by atoms with Crippen molar-refractivity contribution < 1.29 is 14.4 Å². The van der Waals surface area contributed by atoms with Gasteiger partial charge in [-0.15, -0.1) is 0 Å². The Labute approximate surface area is 183 Å². The van der Waals surface area contributed by atoms with Crippen molar-refractivity contribution in [2.75, 3.05) is 9.91 Å². The number of anilines is 2. The van der Waals surface area contributed by atoms with E-state index < -0.39 is 23.8 Å². The summed E-state index contributed by atoms with van der Waals surface area (Å²) in [6.07, 6.45) is 0. The Morgan fingerprint density at radius 3 is 2.13 bits per heavy atom. The number of carbonyl (C=O) groups is 3. The van der Waals surface area contributed by atoms with Gasteiger partial charge in [0.2, 0.25) is 11.7 Å². The Bertz CT molecular complexity index is 1230. The molecule has 6 nitrogen and oxygen atoms in total. The highest BCUT2D eigenvalue weighted by Gasteiger charge is 2.58. The first-order chi connectivity index (χ1) is 15.1. The summed E-state index contributed by atoms with van der Waals surface area (Å²) in [7, 11) is 0. The van der Waals surface area contributed by atoms with Gasteiger partial charge in [-0.1, -0.05) is 66.2 Å². The number of hydrazone groups is 1. The summed E-state index contributed by atoms with van der Waals surface area (Å²) in [6, 6.07) is 23.3. The maximum absolute atomic E-state index is 13.4. The number of amides is 2. The molecular weight excluding hydrogens is 414 g/mol. The normalized spacial score (nSPS) is 20.1. The number of hydrogen-bond acceptors (Lipinski definition) is 5. The third kappa shape index (κ3) is 3.12. The molecule has 0 aromatic heterocycles. The molecule has 2 aliphatic heterocycles. The van der Waals surface area contributed by atoms with E-state index in [4.69, 9.17) is 11.6 Å². The summed E-state index contributed by atoms with van der Waals surface area (Å²) in [5.74, 6) is -2.30. The number of Topliss-reactive ketones (excluding diaryl/α,β-unsaturated/α-hetero) is 1. The lowest BCUT2D eigenvalue weighted by Crippen LogP contribution is -2.39. The molecule has 0 spiro atoms. The summed E-state index contributed by atoms with van der Waals surface area (Å²) in [5, 5.41) is 6.36. The van der Waals surface area contributed by atoms with Gasteiger partial charge in [0.05, 0.1) is 11.4 Å². The van der Waals surface area contributed by atoms with E-state index in [1.165, 1.54) is 5.01 Å². The minimum Gasteiger partial charge on any atom is -0.287 e. The van der Waals surface area contributed by atoms with Crippen LogP contribution in [0.4, 0.5) is 11.4 Å². The van der Waals surface area contributed by atoms with Crippen LogP contribution in [0.2, 0.25) is 5.02 Å². The lowest BCUT2D eigenvalue weighted by Gasteiger charge is -2.22. The van der Waals surface area contributed by atoms with Crippen LogP contribution in [0, 0.1) is 5.92 Å². The minimum atomic E-state index is -1.00. The van der Waals surface area contributed by atoms with Gasteiger partial charge >= 0.3 is 0 Å². The lowest BCUT2D eigenvalue weighted by atomic mass is 9.92. The largest absolute Gasteiger partial charge is 0.287 e. The molecule has 2 aliphatic rings. The molecule has 2 heterocycles. The lowest BCUT2D eigenvalue weighted by molar-refractivity contribution is -0.121. The number of fused-ring (bicyclic) bond motifs is 1. The molecule has 152 valence electrons. The predicted molar refractivity (Wildman–Crippen MR) is 118 cm³/mol. The van der Waals surface area contributed by atoms with E-state index in [-0.39, 0.29) is 11.5 Å². The van der Waals surface area contributed by atoms with Crippen LogP contribution in [-0.4, -0.2) is 29.4 Å². The number of halogens is 1. The van der Waals surface area contributed by atoms with Crippen molar-refractivity contribution in [3.05, 3.63) is 95.5 Å². The minimum absolute atomic E-state index is 0.0583. The van der Waals surface area contributed by atoms with Gasteiger partial charge in [-0.2, -0.15) is 5.10 Å². The molecule has 5 rings (SSSR count). The summed E-state index contributed by atoms with van der Waals surface area (Å²) < 4.78 is 0. The van der Waals surface area contributed by atoms with Gasteiger partial charge in [0.1, 0.15) is 17.7 Å². The first-order valence-corrected chi connectivity index (χ1v) is 10.1. The van der Waals surface area contributed by atoms with Gasteiger partial charge in [-0.3, -0.25) is 19.4 Å². The van der Waals surface area contributed by atoms with Crippen molar-refractivity contribution in [3.8, 4) is 0 Å². The third-order valence-corrected chi connectivity index (χ3v) is 5.64. The van der Waals surface area contributed by atoms with E-state index in [1.807, 2.05) is 18.2 Å². The Balaban J connectivity index is 1.62. The zero-order chi connectivity index (χ0) is 21.5. The molecule has 3 aromatic rings. The van der Waals surface area contributed by atoms with Gasteiger partial charge in [-0.25, -0.2) is 4.90 Å². The van der Waals surface area contributed by atoms with Gasteiger partial charge in [0.25, 0.3) is 5.91 Å². The maximum atomic E-state index is 13.4. The molecule has 31 heavy (non-hydrogen) atoms. The van der Waals surface area contributed by atoms with Crippen molar-refractivity contribution in [1.82, 2.24) is 0 Å². The van der Waals surface area contributed by atoms with E-state index in [0.29, 0.717) is 22.0 Å². The quantitative estimate of drug-likeness (QED) is 0.465. The Morgan fingerprint density at radius 1 is 0.806 bits per heavy atom. The van der Waals surface area contributed by atoms with E-state index in [0.717, 1.165) is 4.90 Å². The second kappa shape index (κ2) is 7.49. The van der Waals surface area contributed by atoms with Crippen LogP contribution in [0.15, 0.2) is 90.0 Å². The summed E-state index contributed by atoms with van der Waals surface area (Å²) >= 11 is 6.09. The Morgan fingerprint density at radius 2 is 1.45 bits per heavy atom. The van der Waals surface area contributed by atoms with Crippen molar-refractivity contribution >= 4 is 46.3 Å². The average molecular weight is 430 g/mol. The first kappa shape index (κ1) is 19.2. The maximum Gasteiger partial charge on any atom is 0.259 e. The SMILES string of the molecule is O=C(C1=NN(c2ccccc2)[C@@H]2C(=O)N(c3cccc(Cl)c3)C(=O)[C@@H]12)c1ccccc1. The Hall–Kier alpha value is -3.77. The summed E-state index contributed by atoms with van der Waals surface area (Å²) in [4.78, 5) is 41.2. The third-order valence-electron chi connectivity index (χ3n) is 5.40. The second-order valence-electron chi connectivity index (χ2n) is 7.27. The fourth-order valence-electron chi connectivity index (χ4n) is 4.00. The van der Waals surface area contributed by atoms with Crippen molar-refractivity contribution in [3.63, 3.8) is 0 Å². The monoisotopic (exact) mass is 429 g/mol. The second-order valence-corrected chi connectivity index (χ2v) is 7.71. The number of hydrogen-bond donors (Lipinski definition) is 0. The summed E-state index contributed by atoms with van der Waals surface area (Å²) in [5.41, 5.74) is 1.47. The van der Waals surface area contributed by atoms with Gasteiger partial charge in [-0.05, 0) is 30.3 Å². The molecule has 7 heteroatoms. The molecule has 1 saturated heterocycles. The van der Waals surface area contributed by atoms with E-state index in [1.54, 1.807) is 66.7 Å². The topological polar surface area (TPSA) is 70.1 Å². The Kier molecular flexibility index (Phi) is 4.64. The number of imide groups is 1. The smallest absolute Gasteiger partial charge is 0.259 e. The molecule has 3 aromatic carbocycles. The number of rotatable bonds is 4. The molecule has 0 aliphatic carbocycles. The number of para-hydroxylation sites is 1. The predicted octanol–water partition coefficient (Wildman–Crippen LogP) is 3.96. The van der Waals surface area contributed by atoms with Crippen LogP contribution in [0.5, 0.6) is 0 Å². The highest BCUT2D eigenvalue weighted by Crippen LogP contribution is 2.38. The molecule has 0 saturated carbocycles. The van der Waals surface area contributed by atoms with E-state index in [2.05, 4.69) is 5.10 Å². The number of benzene rings is 3. The van der Waals surface area contributed by atoms with E-state index >= 15 is 0 Å². The van der Waals surface area contributed by atoms with Gasteiger partial charge in [0.15, 0.2) is 0 Å². The van der Waals surface area contributed by atoms with Crippen LogP contribution in [0.25, 0.3) is 0 Å². The van der Waals surface area contributed by atoms with E-state index in [9.17, 15) is 14.4 Å².